The van der Waals surface area contributed by atoms with E-state index in [2.05, 4.69) is 5.32 Å². The van der Waals surface area contributed by atoms with E-state index in [4.69, 9.17) is 21.1 Å². The molecule has 1 atom stereocenters. The Morgan fingerprint density at radius 2 is 1.94 bits per heavy atom. The minimum absolute atomic E-state index is 0.00641. The molecule has 1 heterocycles. The lowest BCUT2D eigenvalue weighted by molar-refractivity contribution is -0.384. The van der Waals surface area contributed by atoms with Crippen molar-refractivity contribution in [2.45, 2.75) is 24.8 Å². The molecule has 2 aromatic carbocycles. The number of morpholine rings is 1. The van der Waals surface area contributed by atoms with E-state index in [9.17, 15) is 23.3 Å². The van der Waals surface area contributed by atoms with Crippen molar-refractivity contribution in [2.75, 3.05) is 31.6 Å². The van der Waals surface area contributed by atoms with Gasteiger partial charge in [-0.3, -0.25) is 14.9 Å². The Morgan fingerprint density at radius 3 is 2.56 bits per heavy atom. The fourth-order valence-corrected chi connectivity index (χ4v) is 4.95. The van der Waals surface area contributed by atoms with Gasteiger partial charge >= 0.3 is 0 Å². The number of nitrogens with one attached hydrogen (secondary N) is 1. The predicted molar refractivity (Wildman–Crippen MR) is 118 cm³/mol. The van der Waals surface area contributed by atoms with Gasteiger partial charge in [-0.1, -0.05) is 17.7 Å². The number of non-ortho nitro benzene ring substituents is 1. The number of rotatable bonds is 7. The highest BCUT2D eigenvalue weighted by molar-refractivity contribution is 7.89. The molecule has 1 unspecified atom stereocenters. The number of sulfonamides is 1. The number of hydrogen-bond donors (Lipinski definition) is 1. The zero-order chi connectivity index (χ0) is 23.5. The number of carbonyl (C=O) groups is 1. The maximum absolute atomic E-state index is 13.0. The van der Waals surface area contributed by atoms with Crippen molar-refractivity contribution >= 4 is 38.9 Å². The average molecular weight is 484 g/mol. The van der Waals surface area contributed by atoms with Crippen LogP contribution in [0.15, 0.2) is 41.3 Å². The zero-order valence-corrected chi connectivity index (χ0v) is 19.0. The Balaban J connectivity index is 1.73. The first kappa shape index (κ1) is 23.9. The van der Waals surface area contributed by atoms with E-state index in [1.807, 2.05) is 0 Å². The predicted octanol–water partition coefficient (Wildman–Crippen LogP) is 2.98. The van der Waals surface area contributed by atoms with E-state index in [0.29, 0.717) is 18.8 Å². The average Bonchev–Trinajstić information content (AvgIpc) is 2.76. The number of aryl methyl sites for hydroxylation is 1. The van der Waals surface area contributed by atoms with Crippen LogP contribution < -0.4 is 10.1 Å². The lowest BCUT2D eigenvalue weighted by atomic mass is 10.2. The van der Waals surface area contributed by atoms with Crippen LogP contribution in [0.4, 0.5) is 11.4 Å². The van der Waals surface area contributed by atoms with Gasteiger partial charge in [-0.05, 0) is 37.6 Å². The highest BCUT2D eigenvalue weighted by atomic mass is 35.5. The highest BCUT2D eigenvalue weighted by Crippen LogP contribution is 2.30. The number of nitro benzene ring substituents is 1. The molecule has 0 bridgehead atoms. The molecule has 0 spiro atoms. The van der Waals surface area contributed by atoms with Crippen LogP contribution in [0.25, 0.3) is 0 Å². The van der Waals surface area contributed by atoms with Crippen molar-refractivity contribution < 1.29 is 27.6 Å². The number of nitrogens with zero attached hydrogens (tertiary/aromatic N) is 2. The molecule has 1 aliphatic heterocycles. The van der Waals surface area contributed by atoms with Gasteiger partial charge in [0.1, 0.15) is 5.75 Å². The van der Waals surface area contributed by atoms with Crippen LogP contribution in [0, 0.1) is 17.0 Å². The third kappa shape index (κ3) is 5.36. The van der Waals surface area contributed by atoms with E-state index in [0.717, 1.165) is 6.07 Å². The minimum Gasteiger partial charge on any atom is -0.479 e. The largest absolute Gasteiger partial charge is 0.479 e. The van der Waals surface area contributed by atoms with E-state index >= 15 is 0 Å². The van der Waals surface area contributed by atoms with Crippen LogP contribution in [0.2, 0.25) is 5.02 Å². The van der Waals surface area contributed by atoms with Crippen LogP contribution in [0.3, 0.4) is 0 Å². The Labute approximate surface area is 190 Å². The topological polar surface area (TPSA) is 128 Å². The quantitative estimate of drug-likeness (QED) is 0.473. The molecule has 32 heavy (non-hydrogen) atoms. The molecule has 172 valence electrons. The van der Waals surface area contributed by atoms with Crippen molar-refractivity contribution in [3.8, 4) is 5.75 Å². The van der Waals surface area contributed by atoms with Gasteiger partial charge in [0, 0.05) is 30.9 Å². The molecule has 1 saturated heterocycles. The van der Waals surface area contributed by atoms with Gasteiger partial charge in [0.2, 0.25) is 10.0 Å². The summed E-state index contributed by atoms with van der Waals surface area (Å²) in [5.41, 5.74) is 0.641. The van der Waals surface area contributed by atoms with Gasteiger partial charge < -0.3 is 14.8 Å². The summed E-state index contributed by atoms with van der Waals surface area (Å²) < 4.78 is 38.1. The first-order valence-electron chi connectivity index (χ1n) is 9.69. The maximum Gasteiger partial charge on any atom is 0.271 e. The van der Waals surface area contributed by atoms with Crippen molar-refractivity contribution in [2.24, 2.45) is 0 Å². The first-order chi connectivity index (χ1) is 15.1. The molecule has 1 N–H and O–H groups in total. The Bertz CT molecular complexity index is 1130. The molecule has 10 nitrogen and oxygen atoms in total. The molecule has 1 aliphatic rings. The van der Waals surface area contributed by atoms with E-state index in [-0.39, 0.29) is 40.1 Å². The lowest BCUT2D eigenvalue weighted by Crippen LogP contribution is -2.40. The number of carbonyl (C=O) groups excluding carboxylic acids is 1. The summed E-state index contributed by atoms with van der Waals surface area (Å²) in [5.74, 6) is -0.433. The molecule has 3 rings (SSSR count). The van der Waals surface area contributed by atoms with E-state index < -0.39 is 27.0 Å². The number of anilines is 1. The summed E-state index contributed by atoms with van der Waals surface area (Å²) in [6.07, 6.45) is -1.01. The number of benzene rings is 2. The molecule has 0 radical (unpaired) electrons. The van der Waals surface area contributed by atoms with E-state index in [1.54, 1.807) is 19.1 Å². The number of hydrogen-bond acceptors (Lipinski definition) is 7. The van der Waals surface area contributed by atoms with Crippen LogP contribution in [0.5, 0.6) is 5.75 Å². The van der Waals surface area contributed by atoms with Gasteiger partial charge in [0.15, 0.2) is 6.10 Å². The van der Waals surface area contributed by atoms with Crippen molar-refractivity contribution in [3.05, 3.63) is 57.1 Å². The second-order valence-corrected chi connectivity index (χ2v) is 9.43. The van der Waals surface area contributed by atoms with Crippen molar-refractivity contribution in [1.82, 2.24) is 4.31 Å². The van der Waals surface area contributed by atoms with Gasteiger partial charge in [-0.15, -0.1) is 0 Å². The van der Waals surface area contributed by atoms with Crippen LogP contribution >= 0.6 is 11.6 Å². The van der Waals surface area contributed by atoms with Gasteiger partial charge in [0.05, 0.1) is 28.1 Å². The molecule has 1 fully saturated rings. The second kappa shape index (κ2) is 9.82. The number of halogens is 1. The Kier molecular flexibility index (Phi) is 7.34. The second-order valence-electron chi connectivity index (χ2n) is 7.12. The summed E-state index contributed by atoms with van der Waals surface area (Å²) in [7, 11) is -3.74. The smallest absolute Gasteiger partial charge is 0.271 e. The monoisotopic (exact) mass is 483 g/mol. The van der Waals surface area contributed by atoms with Gasteiger partial charge in [-0.25, -0.2) is 8.42 Å². The molecule has 1 amide bonds. The summed E-state index contributed by atoms with van der Waals surface area (Å²) >= 11 is 6.00. The molecule has 12 heteroatoms. The summed E-state index contributed by atoms with van der Waals surface area (Å²) in [6, 6.07) is 8.27. The minimum atomic E-state index is -3.74. The third-order valence-corrected chi connectivity index (χ3v) is 7.18. The number of amides is 1. The number of ether oxygens (including phenoxy) is 2. The first-order valence-corrected chi connectivity index (χ1v) is 11.5. The molecule has 0 aromatic heterocycles. The molecular weight excluding hydrogens is 462 g/mol. The Morgan fingerprint density at radius 1 is 1.25 bits per heavy atom. The summed E-state index contributed by atoms with van der Waals surface area (Å²) in [6.45, 7) is 4.34. The standard InChI is InChI=1S/C20H22ClN3O7S/c1-13-3-4-15(11-19(13)32(28,29)23-7-9-30-10-8-23)22-20(25)14(2)31-18-6-5-16(24(26)27)12-17(18)21/h3-6,11-12,14H,7-10H2,1-2H3,(H,22,25). The third-order valence-electron chi connectivity index (χ3n) is 4.84. The molecule has 0 saturated carbocycles. The summed E-state index contributed by atoms with van der Waals surface area (Å²) in [4.78, 5) is 22.9. The van der Waals surface area contributed by atoms with Crippen molar-refractivity contribution in [1.29, 1.82) is 0 Å². The Hall–Kier alpha value is -2.73. The molecule has 2 aromatic rings. The zero-order valence-electron chi connectivity index (χ0n) is 17.4. The maximum atomic E-state index is 13.0. The highest BCUT2D eigenvalue weighted by Gasteiger charge is 2.28. The van der Waals surface area contributed by atoms with Crippen LogP contribution in [-0.2, 0) is 19.6 Å². The lowest BCUT2D eigenvalue weighted by Gasteiger charge is -2.27. The molecular formula is C20H22ClN3O7S. The molecule has 0 aliphatic carbocycles. The normalized spacial score (nSPS) is 15.7. The number of nitro groups is 1. The SMILES string of the molecule is Cc1ccc(NC(=O)C(C)Oc2ccc([N+](=O)[O-])cc2Cl)cc1S(=O)(=O)N1CCOCC1. The van der Waals surface area contributed by atoms with Gasteiger partial charge in [0.25, 0.3) is 11.6 Å². The fourth-order valence-electron chi connectivity index (χ4n) is 3.07. The van der Waals surface area contributed by atoms with Crippen LogP contribution in [0.1, 0.15) is 12.5 Å². The fraction of sp³-hybridized carbons (Fsp3) is 0.350. The summed E-state index contributed by atoms with van der Waals surface area (Å²) in [5, 5.41) is 13.4. The van der Waals surface area contributed by atoms with E-state index in [1.165, 1.54) is 29.4 Å². The van der Waals surface area contributed by atoms with Crippen molar-refractivity contribution in [3.63, 3.8) is 0 Å². The van der Waals surface area contributed by atoms with Gasteiger partial charge in [-0.2, -0.15) is 4.31 Å². The van der Waals surface area contributed by atoms with Crippen LogP contribution in [-0.4, -0.2) is 56.0 Å².